The summed E-state index contributed by atoms with van der Waals surface area (Å²) in [5.41, 5.74) is 0. The maximum absolute atomic E-state index is 2.45. The van der Waals surface area contributed by atoms with E-state index in [9.17, 15) is 0 Å². The molecule has 3 heteroatoms. The molecule has 78 valence electrons. The molecule has 0 atom stereocenters. The quantitative estimate of drug-likeness (QED) is 0.706. The minimum absolute atomic E-state index is 1.06. The van der Waals surface area contributed by atoms with Gasteiger partial charge in [0, 0.05) is 0 Å². The van der Waals surface area contributed by atoms with Crippen LogP contribution in [0.15, 0.2) is 0 Å². The van der Waals surface area contributed by atoms with Crippen molar-refractivity contribution >= 4 is 36.8 Å². The Morgan fingerprint density at radius 3 is 1.85 bits per heavy atom. The summed E-state index contributed by atoms with van der Waals surface area (Å²) in [7, 11) is 0. The molecule has 0 spiro atoms. The Labute approximate surface area is 94.4 Å². The Kier molecular flexibility index (Phi) is 5.65. The Morgan fingerprint density at radius 1 is 1.00 bits per heavy atom. The first-order valence-corrected chi connectivity index (χ1v) is 13.3. The molecule has 1 aliphatic rings. The van der Waals surface area contributed by atoms with Crippen LogP contribution >= 0.6 is 23.5 Å². The van der Waals surface area contributed by atoms with Crippen molar-refractivity contribution in [2.45, 2.75) is 46.4 Å². The van der Waals surface area contributed by atoms with Crippen molar-refractivity contribution in [1.82, 2.24) is 0 Å². The van der Waals surface area contributed by atoms with E-state index in [1.807, 2.05) is 0 Å². The molecular formula is C10H22GeS2. The second-order valence-corrected chi connectivity index (χ2v) is 19.7. The normalized spacial score (nSPS) is 20.5. The molecule has 0 nitrogen and oxygen atoms in total. The van der Waals surface area contributed by atoms with Gasteiger partial charge in [-0.25, -0.2) is 0 Å². The van der Waals surface area contributed by atoms with Crippen LogP contribution < -0.4 is 0 Å². The van der Waals surface area contributed by atoms with Gasteiger partial charge in [-0.15, -0.1) is 0 Å². The Balaban J connectivity index is 2.60. The molecule has 0 aromatic carbocycles. The van der Waals surface area contributed by atoms with Gasteiger partial charge in [-0.1, -0.05) is 0 Å². The van der Waals surface area contributed by atoms with E-state index < -0.39 is 13.3 Å². The van der Waals surface area contributed by atoms with E-state index in [2.05, 4.69) is 44.3 Å². The van der Waals surface area contributed by atoms with Crippen molar-refractivity contribution in [3.05, 3.63) is 0 Å². The van der Waals surface area contributed by atoms with E-state index >= 15 is 0 Å². The first-order chi connectivity index (χ1) is 6.29. The fourth-order valence-corrected chi connectivity index (χ4v) is 21.4. The summed E-state index contributed by atoms with van der Waals surface area (Å²) >= 11 is 3.16. The van der Waals surface area contributed by atoms with Gasteiger partial charge in [0.2, 0.25) is 0 Å². The molecule has 0 aliphatic carbocycles. The molecule has 0 amide bonds. The van der Waals surface area contributed by atoms with Crippen LogP contribution in [0.1, 0.15) is 27.2 Å². The molecule has 0 aromatic heterocycles. The number of thioether (sulfide) groups is 2. The topological polar surface area (TPSA) is 0 Å². The monoisotopic (exact) mass is 280 g/mol. The van der Waals surface area contributed by atoms with Gasteiger partial charge in [-0.2, -0.15) is 0 Å². The number of hydrogen-bond acceptors (Lipinski definition) is 2. The summed E-state index contributed by atoms with van der Waals surface area (Å²) in [4.78, 5) is 0. The van der Waals surface area contributed by atoms with Crippen molar-refractivity contribution in [3.63, 3.8) is 0 Å². The van der Waals surface area contributed by atoms with Crippen molar-refractivity contribution < 1.29 is 0 Å². The van der Waals surface area contributed by atoms with E-state index in [1.165, 1.54) is 33.7 Å². The fourth-order valence-electron chi connectivity index (χ4n) is 2.09. The van der Waals surface area contributed by atoms with E-state index in [0.29, 0.717) is 0 Å². The zero-order chi connectivity index (χ0) is 9.73. The summed E-state index contributed by atoms with van der Waals surface area (Å²) in [6.45, 7) is 7.34. The molecule has 0 bridgehead atoms. The molecular weight excluding hydrogens is 257 g/mol. The van der Waals surface area contributed by atoms with E-state index in [0.717, 1.165) is 3.41 Å². The average molecular weight is 279 g/mol. The Bertz CT molecular complexity index is 132. The Morgan fingerprint density at radius 2 is 1.46 bits per heavy atom. The molecule has 0 saturated carbocycles. The predicted octanol–water partition coefficient (Wildman–Crippen LogP) is 4.23. The molecule has 1 fully saturated rings. The predicted molar refractivity (Wildman–Crippen MR) is 70.5 cm³/mol. The first-order valence-electron chi connectivity index (χ1n) is 5.52. The number of hydrogen-bond donors (Lipinski definition) is 0. The maximum atomic E-state index is 2.45. The summed E-state index contributed by atoms with van der Waals surface area (Å²) in [5.74, 6) is 2.87. The van der Waals surface area contributed by atoms with Crippen LogP contribution in [0.5, 0.6) is 0 Å². The van der Waals surface area contributed by atoms with Gasteiger partial charge < -0.3 is 0 Å². The SMILES string of the molecule is C[CH2][Ge]([CH2]C)([CH2]C)[CH]1SCCCS1. The van der Waals surface area contributed by atoms with Crippen molar-refractivity contribution in [3.8, 4) is 0 Å². The van der Waals surface area contributed by atoms with Gasteiger partial charge in [0.05, 0.1) is 0 Å². The van der Waals surface area contributed by atoms with Crippen LogP contribution in [0.25, 0.3) is 0 Å². The van der Waals surface area contributed by atoms with E-state index in [4.69, 9.17) is 0 Å². The molecule has 1 rings (SSSR count). The number of rotatable bonds is 4. The van der Waals surface area contributed by atoms with E-state index in [1.54, 1.807) is 0 Å². The Hall–Kier alpha value is 1.24. The van der Waals surface area contributed by atoms with Crippen LogP contribution in [0.3, 0.4) is 0 Å². The third kappa shape index (κ3) is 2.85. The second kappa shape index (κ2) is 5.96. The standard InChI is InChI=1S/C10H22GeS2/c1-4-11(5-2,6-3)10-12-8-7-9-13-10/h10H,4-9H2,1-3H3. The molecule has 13 heavy (non-hydrogen) atoms. The summed E-state index contributed by atoms with van der Waals surface area (Å²) < 4.78 is 1.06. The third-order valence-electron chi connectivity index (χ3n) is 3.44. The average Bonchev–Trinajstić information content (AvgIpc) is 2.23. The first kappa shape index (κ1) is 12.3. The zero-order valence-corrected chi connectivity index (χ0v) is 12.9. The van der Waals surface area contributed by atoms with Gasteiger partial charge in [-0.05, 0) is 0 Å². The van der Waals surface area contributed by atoms with Gasteiger partial charge in [-0.3, -0.25) is 0 Å². The fraction of sp³-hybridized carbons (Fsp3) is 1.00. The van der Waals surface area contributed by atoms with Crippen molar-refractivity contribution in [1.29, 1.82) is 0 Å². The molecule has 1 saturated heterocycles. The van der Waals surface area contributed by atoms with Gasteiger partial charge in [0.15, 0.2) is 0 Å². The molecule has 1 aliphatic heterocycles. The molecule has 0 radical (unpaired) electrons. The molecule has 0 unspecified atom stereocenters. The van der Waals surface area contributed by atoms with E-state index in [-0.39, 0.29) is 0 Å². The summed E-state index contributed by atoms with van der Waals surface area (Å²) in [6.07, 6.45) is 1.45. The van der Waals surface area contributed by atoms with Crippen molar-refractivity contribution in [2.75, 3.05) is 11.5 Å². The van der Waals surface area contributed by atoms with Crippen LogP contribution in [0, 0.1) is 0 Å². The van der Waals surface area contributed by atoms with Gasteiger partial charge >= 0.3 is 94.7 Å². The van der Waals surface area contributed by atoms with Crippen LogP contribution in [0.2, 0.25) is 15.8 Å². The molecule has 1 heterocycles. The third-order valence-corrected chi connectivity index (χ3v) is 24.2. The summed E-state index contributed by atoms with van der Waals surface area (Å²) in [6, 6.07) is 0. The summed E-state index contributed by atoms with van der Waals surface area (Å²) in [5, 5.41) is 4.62. The van der Waals surface area contributed by atoms with Gasteiger partial charge in [0.25, 0.3) is 0 Å². The van der Waals surface area contributed by atoms with Crippen LogP contribution in [0.4, 0.5) is 0 Å². The molecule has 0 aromatic rings. The minimum atomic E-state index is -1.42. The van der Waals surface area contributed by atoms with Crippen LogP contribution in [-0.2, 0) is 0 Å². The zero-order valence-electron chi connectivity index (χ0n) is 9.14. The molecule has 0 N–H and O–H groups in total. The van der Waals surface area contributed by atoms with Crippen molar-refractivity contribution in [2.24, 2.45) is 0 Å². The van der Waals surface area contributed by atoms with Crippen LogP contribution in [-0.4, -0.2) is 28.2 Å². The van der Waals surface area contributed by atoms with Gasteiger partial charge in [0.1, 0.15) is 0 Å². The second-order valence-electron chi connectivity index (χ2n) is 3.85.